The van der Waals surface area contributed by atoms with E-state index >= 15 is 0 Å². The fourth-order valence-electron chi connectivity index (χ4n) is 1.10. The summed E-state index contributed by atoms with van der Waals surface area (Å²) in [6.07, 6.45) is 1.51. The molecule has 1 N–H and O–H groups in total. The van der Waals surface area contributed by atoms with Crippen molar-refractivity contribution >= 4 is 12.1 Å². The molecular weight excluding hydrogens is 222 g/mol. The van der Waals surface area contributed by atoms with Crippen molar-refractivity contribution in [2.24, 2.45) is 5.92 Å². The summed E-state index contributed by atoms with van der Waals surface area (Å²) in [6, 6.07) is 0. The molecule has 0 radical (unpaired) electrons. The summed E-state index contributed by atoms with van der Waals surface area (Å²) in [5.74, 6) is -0.605. The summed E-state index contributed by atoms with van der Waals surface area (Å²) >= 11 is 0. The number of carbonyl (C=O) groups excluding carboxylic acids is 2. The first-order chi connectivity index (χ1) is 7.78. The highest BCUT2D eigenvalue weighted by molar-refractivity contribution is 5.74. The van der Waals surface area contributed by atoms with E-state index in [9.17, 15) is 9.59 Å². The van der Waals surface area contributed by atoms with Crippen LogP contribution in [-0.2, 0) is 14.3 Å². The highest BCUT2D eigenvalue weighted by Gasteiger charge is 2.28. The summed E-state index contributed by atoms with van der Waals surface area (Å²) in [5, 5.41) is 2.55. The van der Waals surface area contributed by atoms with E-state index < -0.39 is 11.7 Å². The molecule has 0 aromatic carbocycles. The number of amides is 1. The lowest BCUT2D eigenvalue weighted by molar-refractivity contribution is -0.148. The average Bonchev–Trinajstić information content (AvgIpc) is 2.95. The third-order valence-electron chi connectivity index (χ3n) is 2.16. The molecule has 1 atom stereocenters. The van der Waals surface area contributed by atoms with E-state index in [0.717, 1.165) is 12.8 Å². The Morgan fingerprint density at radius 2 is 1.94 bits per heavy atom. The van der Waals surface area contributed by atoms with E-state index in [1.807, 2.05) is 0 Å². The normalized spacial score (nSPS) is 17.2. The van der Waals surface area contributed by atoms with Crippen LogP contribution in [0.25, 0.3) is 0 Å². The van der Waals surface area contributed by atoms with Crippen LogP contribution in [0, 0.1) is 5.92 Å². The Morgan fingerprint density at radius 3 is 2.41 bits per heavy atom. The lowest BCUT2D eigenvalue weighted by Crippen LogP contribution is -2.36. The number of rotatable bonds is 4. The molecule has 1 amide bonds. The number of ether oxygens (including phenoxy) is 2. The lowest BCUT2D eigenvalue weighted by atomic mass is 10.2. The van der Waals surface area contributed by atoms with Gasteiger partial charge in [-0.1, -0.05) is 6.92 Å². The minimum atomic E-state index is -0.526. The maximum absolute atomic E-state index is 11.5. The van der Waals surface area contributed by atoms with Crippen molar-refractivity contribution in [1.29, 1.82) is 0 Å². The molecule has 1 aliphatic carbocycles. The van der Waals surface area contributed by atoms with Crippen LogP contribution >= 0.6 is 0 Å². The molecule has 0 spiro atoms. The zero-order chi connectivity index (χ0) is 13.1. The van der Waals surface area contributed by atoms with Crippen LogP contribution in [0.2, 0.25) is 0 Å². The molecular formula is C12H21NO4. The molecule has 0 aromatic heterocycles. The van der Waals surface area contributed by atoms with Crippen LogP contribution < -0.4 is 5.32 Å². The molecule has 0 aromatic rings. The predicted molar refractivity (Wildman–Crippen MR) is 62.5 cm³/mol. The summed E-state index contributed by atoms with van der Waals surface area (Å²) in [4.78, 5) is 22.8. The molecule has 0 bridgehead atoms. The molecule has 5 heteroatoms. The second-order valence-electron chi connectivity index (χ2n) is 5.42. The molecule has 0 heterocycles. The van der Waals surface area contributed by atoms with E-state index in [0.29, 0.717) is 0 Å². The van der Waals surface area contributed by atoms with Crippen LogP contribution in [0.5, 0.6) is 0 Å². The summed E-state index contributed by atoms with van der Waals surface area (Å²) in [7, 11) is 0. The largest absolute Gasteiger partial charge is 0.462 e. The van der Waals surface area contributed by atoms with Crippen molar-refractivity contribution < 1.29 is 19.1 Å². The first-order valence-electron chi connectivity index (χ1n) is 5.95. The monoisotopic (exact) mass is 243 g/mol. The Hall–Kier alpha value is -1.26. The van der Waals surface area contributed by atoms with Crippen molar-refractivity contribution in [3.63, 3.8) is 0 Å². The third-order valence-corrected chi connectivity index (χ3v) is 2.16. The highest BCUT2D eigenvalue weighted by atomic mass is 16.6. The van der Waals surface area contributed by atoms with Gasteiger partial charge >= 0.3 is 12.1 Å². The van der Waals surface area contributed by atoms with Gasteiger partial charge in [-0.15, -0.1) is 0 Å². The fourth-order valence-corrected chi connectivity index (χ4v) is 1.10. The average molecular weight is 243 g/mol. The Morgan fingerprint density at radius 1 is 1.35 bits per heavy atom. The quantitative estimate of drug-likeness (QED) is 0.765. The number of esters is 1. The fraction of sp³-hybridized carbons (Fsp3) is 0.833. The summed E-state index contributed by atoms with van der Waals surface area (Å²) < 4.78 is 10.2. The van der Waals surface area contributed by atoms with Crippen LogP contribution in [0.15, 0.2) is 0 Å². The van der Waals surface area contributed by atoms with Crippen LogP contribution in [0.4, 0.5) is 4.79 Å². The van der Waals surface area contributed by atoms with E-state index in [2.05, 4.69) is 5.32 Å². The lowest BCUT2D eigenvalue weighted by Gasteiger charge is -2.20. The number of nitrogens with one attached hydrogen (secondary N) is 1. The first kappa shape index (κ1) is 13.8. The van der Waals surface area contributed by atoms with Gasteiger partial charge in [-0.05, 0) is 33.6 Å². The topological polar surface area (TPSA) is 64.6 Å². The minimum Gasteiger partial charge on any atom is -0.462 e. The van der Waals surface area contributed by atoms with Gasteiger partial charge in [0.15, 0.2) is 0 Å². The van der Waals surface area contributed by atoms with Gasteiger partial charge in [0, 0.05) is 6.54 Å². The number of carbonyl (C=O) groups is 2. The molecule has 0 unspecified atom stereocenters. The summed E-state index contributed by atoms with van der Waals surface area (Å²) in [5.41, 5.74) is -0.526. The van der Waals surface area contributed by atoms with Gasteiger partial charge in [0.25, 0.3) is 0 Å². The summed E-state index contributed by atoms with van der Waals surface area (Å²) in [6.45, 7) is 7.33. The van der Waals surface area contributed by atoms with E-state index in [-0.39, 0.29) is 24.5 Å². The Kier molecular flexibility index (Phi) is 4.37. The molecule has 0 saturated heterocycles. The van der Waals surface area contributed by atoms with Crippen molar-refractivity contribution in [2.75, 3.05) is 6.54 Å². The van der Waals surface area contributed by atoms with Gasteiger partial charge in [-0.25, -0.2) is 4.79 Å². The SMILES string of the molecule is C[C@H](CNC(=O)OC(C)(C)C)C(=O)OC1CC1. The van der Waals surface area contributed by atoms with Gasteiger partial charge in [-0.2, -0.15) is 0 Å². The van der Waals surface area contributed by atoms with Crippen LogP contribution in [0.1, 0.15) is 40.5 Å². The van der Waals surface area contributed by atoms with Gasteiger partial charge in [0.05, 0.1) is 5.92 Å². The maximum atomic E-state index is 11.5. The second kappa shape index (κ2) is 5.38. The molecule has 98 valence electrons. The number of alkyl carbamates (subject to hydrolysis) is 1. The van der Waals surface area contributed by atoms with Crippen molar-refractivity contribution in [1.82, 2.24) is 5.32 Å². The third kappa shape index (κ3) is 6.14. The smallest absolute Gasteiger partial charge is 0.407 e. The van der Waals surface area contributed by atoms with Gasteiger partial charge in [0.2, 0.25) is 0 Å². The molecule has 1 fully saturated rings. The van der Waals surface area contributed by atoms with Crippen molar-refractivity contribution in [3.05, 3.63) is 0 Å². The zero-order valence-corrected chi connectivity index (χ0v) is 10.9. The highest BCUT2D eigenvalue weighted by Crippen LogP contribution is 2.24. The van der Waals surface area contributed by atoms with Crippen LogP contribution in [0.3, 0.4) is 0 Å². The van der Waals surface area contributed by atoms with Gasteiger partial charge in [-0.3, -0.25) is 4.79 Å². The molecule has 0 aliphatic heterocycles. The number of hydrogen-bond donors (Lipinski definition) is 1. The van der Waals surface area contributed by atoms with E-state index in [4.69, 9.17) is 9.47 Å². The molecule has 1 aliphatic rings. The molecule has 17 heavy (non-hydrogen) atoms. The van der Waals surface area contributed by atoms with Gasteiger partial charge < -0.3 is 14.8 Å². The Balaban J connectivity index is 2.19. The van der Waals surface area contributed by atoms with Crippen LogP contribution in [-0.4, -0.2) is 30.3 Å². The molecule has 1 rings (SSSR count). The second-order valence-corrected chi connectivity index (χ2v) is 5.42. The van der Waals surface area contributed by atoms with Crippen molar-refractivity contribution in [3.8, 4) is 0 Å². The zero-order valence-electron chi connectivity index (χ0n) is 10.9. The molecule has 1 saturated carbocycles. The maximum Gasteiger partial charge on any atom is 0.407 e. The first-order valence-corrected chi connectivity index (χ1v) is 5.95. The number of hydrogen-bond acceptors (Lipinski definition) is 4. The van der Waals surface area contributed by atoms with E-state index in [1.165, 1.54) is 0 Å². The van der Waals surface area contributed by atoms with Gasteiger partial charge in [0.1, 0.15) is 11.7 Å². The standard InChI is InChI=1S/C12H21NO4/c1-8(10(14)16-9-5-6-9)7-13-11(15)17-12(2,3)4/h8-9H,5-7H2,1-4H3,(H,13,15)/t8-/m1/s1. The molecule has 5 nitrogen and oxygen atoms in total. The van der Waals surface area contributed by atoms with E-state index in [1.54, 1.807) is 27.7 Å². The minimum absolute atomic E-state index is 0.103. The Labute approximate surface area is 102 Å². The Bertz CT molecular complexity index is 291. The predicted octanol–water partition coefficient (Wildman–Crippen LogP) is 1.85. The van der Waals surface area contributed by atoms with Crippen molar-refractivity contribution in [2.45, 2.75) is 52.2 Å².